The maximum atomic E-state index is 12.1. The molecule has 0 aliphatic rings. The smallest absolute Gasteiger partial charge is 0.305 e. The Bertz CT molecular complexity index is 837. The molecule has 0 aromatic carbocycles. The lowest BCUT2D eigenvalue weighted by molar-refractivity contribution is -0.144. The van der Waals surface area contributed by atoms with Crippen LogP contribution in [-0.4, -0.2) is 23.7 Å². The van der Waals surface area contributed by atoms with Gasteiger partial charge in [0.2, 0.25) is 0 Å². The number of esters is 1. The van der Waals surface area contributed by atoms with Crippen LogP contribution in [0.5, 0.6) is 0 Å². The molecular formula is C55H106O4. The molecule has 1 N–H and O–H groups in total. The number of ether oxygens (including phenoxy) is 1. The molecule has 0 rings (SSSR count). The molecule has 0 amide bonds. The van der Waals surface area contributed by atoms with Gasteiger partial charge < -0.3 is 9.84 Å². The van der Waals surface area contributed by atoms with Crippen LogP contribution < -0.4 is 0 Å². The molecule has 0 unspecified atom stereocenters. The van der Waals surface area contributed by atoms with Gasteiger partial charge in [-0.2, -0.15) is 0 Å². The number of carbonyl (C=O) groups excluding carboxylic acids is 1. The van der Waals surface area contributed by atoms with Crippen LogP contribution in [0.3, 0.4) is 0 Å². The summed E-state index contributed by atoms with van der Waals surface area (Å²) in [5, 5.41) is 8.67. The van der Waals surface area contributed by atoms with Gasteiger partial charge in [0.15, 0.2) is 0 Å². The van der Waals surface area contributed by atoms with Gasteiger partial charge in [0.25, 0.3) is 0 Å². The lowest BCUT2D eigenvalue weighted by Gasteiger charge is -2.06. The minimum absolute atomic E-state index is 0.0222. The standard InChI is InChI=1S/C55H106O4/c1-2-3-4-5-6-7-8-9-10-27-31-34-37-40-43-46-49-52-55(58)59-53-50-47-44-41-38-35-32-29-26-24-22-20-18-16-14-12-11-13-15-17-19-21-23-25-28-30-33-36-39-42-45-48-51-54(56)57/h7-8H,2-6,9-53H2,1H3,(H,56,57). The number of rotatable bonds is 52. The highest BCUT2D eigenvalue weighted by molar-refractivity contribution is 5.69. The Hall–Kier alpha value is -1.32. The number of aliphatic carboxylic acids is 1. The van der Waals surface area contributed by atoms with Gasteiger partial charge in [-0.15, -0.1) is 0 Å². The summed E-state index contributed by atoms with van der Waals surface area (Å²) in [5.41, 5.74) is 0. The second-order valence-corrected chi connectivity index (χ2v) is 18.7. The van der Waals surface area contributed by atoms with E-state index in [1.807, 2.05) is 0 Å². The Morgan fingerprint density at radius 1 is 0.322 bits per heavy atom. The molecule has 0 heterocycles. The van der Waals surface area contributed by atoms with E-state index >= 15 is 0 Å². The maximum absolute atomic E-state index is 12.1. The van der Waals surface area contributed by atoms with Crippen LogP contribution in [0.15, 0.2) is 12.2 Å². The first kappa shape index (κ1) is 57.7. The molecule has 0 aliphatic carbocycles. The largest absolute Gasteiger partial charge is 0.481 e. The van der Waals surface area contributed by atoms with Gasteiger partial charge in [0.1, 0.15) is 0 Å². The van der Waals surface area contributed by atoms with Gasteiger partial charge in [-0.05, 0) is 44.9 Å². The van der Waals surface area contributed by atoms with Crippen molar-refractivity contribution in [3.8, 4) is 0 Å². The average Bonchev–Trinajstić information content (AvgIpc) is 3.23. The number of carbonyl (C=O) groups is 2. The number of carboxylic acids is 1. The summed E-state index contributed by atoms with van der Waals surface area (Å²) < 4.78 is 5.49. The predicted octanol–water partition coefficient (Wildman–Crippen LogP) is 19.3. The molecule has 0 fully saturated rings. The molecule has 0 aromatic rings. The summed E-state index contributed by atoms with van der Waals surface area (Å²) in [7, 11) is 0. The number of allylic oxidation sites excluding steroid dienone is 2. The van der Waals surface area contributed by atoms with Crippen LogP contribution in [0.1, 0.15) is 322 Å². The van der Waals surface area contributed by atoms with Crippen LogP contribution in [0.25, 0.3) is 0 Å². The topological polar surface area (TPSA) is 63.6 Å². The van der Waals surface area contributed by atoms with Gasteiger partial charge in [-0.1, -0.05) is 276 Å². The van der Waals surface area contributed by atoms with Crippen molar-refractivity contribution >= 4 is 11.9 Å². The van der Waals surface area contributed by atoms with E-state index < -0.39 is 5.97 Å². The van der Waals surface area contributed by atoms with Crippen LogP contribution in [0.2, 0.25) is 0 Å². The SMILES string of the molecule is CCCCCCC=CCCCCCCCCCCCC(=O)OCCCCCCCCCCCCCCCCCCCCCCCCCCCCCCCCCCC(=O)O. The summed E-state index contributed by atoms with van der Waals surface area (Å²) in [6, 6.07) is 0. The first-order chi connectivity index (χ1) is 29.2. The zero-order valence-electron chi connectivity index (χ0n) is 40.2. The van der Waals surface area contributed by atoms with E-state index in [1.54, 1.807) is 0 Å². The summed E-state index contributed by atoms with van der Waals surface area (Å²) in [5.74, 6) is -0.629. The van der Waals surface area contributed by atoms with Crippen molar-refractivity contribution < 1.29 is 19.4 Å². The normalized spacial score (nSPS) is 11.6. The fourth-order valence-corrected chi connectivity index (χ4v) is 8.63. The highest BCUT2D eigenvalue weighted by atomic mass is 16.5. The number of carboxylic acid groups (broad SMARTS) is 1. The molecule has 59 heavy (non-hydrogen) atoms. The zero-order valence-corrected chi connectivity index (χ0v) is 40.2. The first-order valence-electron chi connectivity index (χ1n) is 27.2. The molecule has 4 nitrogen and oxygen atoms in total. The summed E-state index contributed by atoms with van der Waals surface area (Å²) in [4.78, 5) is 22.6. The van der Waals surface area contributed by atoms with Gasteiger partial charge in [0.05, 0.1) is 6.61 Å². The Morgan fingerprint density at radius 3 is 0.847 bits per heavy atom. The Morgan fingerprint density at radius 2 is 0.559 bits per heavy atom. The number of hydrogen-bond acceptors (Lipinski definition) is 3. The fraction of sp³-hybridized carbons (Fsp3) is 0.927. The molecule has 0 bridgehead atoms. The lowest BCUT2D eigenvalue weighted by atomic mass is 10.0. The highest BCUT2D eigenvalue weighted by Crippen LogP contribution is 2.18. The van der Waals surface area contributed by atoms with Crippen LogP contribution >= 0.6 is 0 Å². The highest BCUT2D eigenvalue weighted by Gasteiger charge is 2.03. The van der Waals surface area contributed by atoms with Crippen molar-refractivity contribution in [2.75, 3.05) is 6.61 Å². The third-order valence-corrected chi connectivity index (χ3v) is 12.7. The predicted molar refractivity (Wildman–Crippen MR) is 260 cm³/mol. The summed E-state index contributed by atoms with van der Waals surface area (Å²) in [6.07, 6.45) is 68.8. The quantitative estimate of drug-likeness (QED) is 0.0377. The second kappa shape index (κ2) is 52.8. The van der Waals surface area contributed by atoms with Gasteiger partial charge in [-0.3, -0.25) is 9.59 Å². The van der Waals surface area contributed by atoms with Crippen molar-refractivity contribution in [1.29, 1.82) is 0 Å². The first-order valence-corrected chi connectivity index (χ1v) is 27.2. The van der Waals surface area contributed by atoms with Gasteiger partial charge in [-0.25, -0.2) is 0 Å². The van der Waals surface area contributed by atoms with Crippen molar-refractivity contribution in [1.82, 2.24) is 0 Å². The Labute approximate surface area is 370 Å². The number of unbranched alkanes of at least 4 members (excludes halogenated alkanes) is 44. The summed E-state index contributed by atoms with van der Waals surface area (Å²) in [6.45, 7) is 2.90. The van der Waals surface area contributed by atoms with E-state index in [1.165, 1.54) is 276 Å². The molecule has 0 spiro atoms. The molecule has 0 aromatic heterocycles. The molecule has 4 heteroatoms. The van der Waals surface area contributed by atoms with Gasteiger partial charge in [0, 0.05) is 12.8 Å². The van der Waals surface area contributed by atoms with Crippen LogP contribution in [-0.2, 0) is 14.3 Å². The minimum atomic E-state index is -0.651. The van der Waals surface area contributed by atoms with E-state index in [-0.39, 0.29) is 5.97 Å². The Balaban J connectivity index is 3.15. The third-order valence-electron chi connectivity index (χ3n) is 12.7. The molecule has 0 saturated carbocycles. The van der Waals surface area contributed by atoms with Gasteiger partial charge >= 0.3 is 11.9 Å². The fourth-order valence-electron chi connectivity index (χ4n) is 8.63. The molecule has 0 aliphatic heterocycles. The second-order valence-electron chi connectivity index (χ2n) is 18.7. The van der Waals surface area contributed by atoms with Crippen molar-refractivity contribution in [2.24, 2.45) is 0 Å². The molecule has 0 radical (unpaired) electrons. The zero-order chi connectivity index (χ0) is 42.6. The van der Waals surface area contributed by atoms with Crippen molar-refractivity contribution in [3.63, 3.8) is 0 Å². The third kappa shape index (κ3) is 54.7. The van der Waals surface area contributed by atoms with Crippen molar-refractivity contribution in [2.45, 2.75) is 322 Å². The molecule has 0 saturated heterocycles. The van der Waals surface area contributed by atoms with Crippen LogP contribution in [0.4, 0.5) is 0 Å². The van der Waals surface area contributed by atoms with E-state index in [0.717, 1.165) is 25.7 Å². The van der Waals surface area contributed by atoms with Crippen molar-refractivity contribution in [3.05, 3.63) is 12.2 Å². The van der Waals surface area contributed by atoms with Crippen LogP contribution in [0, 0.1) is 0 Å². The molecule has 0 atom stereocenters. The van der Waals surface area contributed by atoms with E-state index in [2.05, 4.69) is 19.1 Å². The number of hydrogen-bond donors (Lipinski definition) is 1. The maximum Gasteiger partial charge on any atom is 0.305 e. The average molecular weight is 831 g/mol. The minimum Gasteiger partial charge on any atom is -0.481 e. The monoisotopic (exact) mass is 831 g/mol. The molecule has 350 valence electrons. The summed E-state index contributed by atoms with van der Waals surface area (Å²) >= 11 is 0. The lowest BCUT2D eigenvalue weighted by Crippen LogP contribution is -2.05. The van der Waals surface area contributed by atoms with E-state index in [4.69, 9.17) is 9.84 Å². The Kier molecular flexibility index (Phi) is 51.6. The van der Waals surface area contributed by atoms with E-state index in [9.17, 15) is 9.59 Å². The molecular weight excluding hydrogens is 725 g/mol. The van der Waals surface area contributed by atoms with E-state index in [0.29, 0.717) is 19.4 Å².